The Morgan fingerprint density at radius 2 is 2.00 bits per heavy atom. The van der Waals surface area contributed by atoms with E-state index in [1.807, 2.05) is 12.1 Å². The van der Waals surface area contributed by atoms with Gasteiger partial charge in [-0.2, -0.15) is 0 Å². The third kappa shape index (κ3) is 2.82. The molecule has 2 rings (SSSR count). The molecule has 1 aromatic carbocycles. The minimum absolute atomic E-state index is 0.160. The zero-order valence-electron chi connectivity index (χ0n) is 13.6. The standard InChI is InChI=1S/C18H25NO2/c1-6-9-16(17(20)21-5)19-15-11-8-7-10-14(15)13(2)12-18(19,3)4/h7-8,10-12,16H,6,9H2,1-5H3/t16-/m1/s1. The van der Waals surface area contributed by atoms with E-state index >= 15 is 0 Å². The van der Waals surface area contributed by atoms with Crippen molar-refractivity contribution in [1.82, 2.24) is 0 Å². The van der Waals surface area contributed by atoms with Crippen molar-refractivity contribution in [3.05, 3.63) is 35.9 Å². The first kappa shape index (κ1) is 15.6. The molecule has 21 heavy (non-hydrogen) atoms. The molecule has 1 aliphatic heterocycles. The molecule has 0 fully saturated rings. The predicted octanol–water partition coefficient (Wildman–Crippen LogP) is 4.03. The van der Waals surface area contributed by atoms with Crippen LogP contribution in [0.2, 0.25) is 0 Å². The molecule has 0 aromatic heterocycles. The zero-order chi connectivity index (χ0) is 15.6. The van der Waals surface area contributed by atoms with Crippen molar-refractivity contribution in [2.45, 2.75) is 52.1 Å². The molecule has 0 saturated heterocycles. The van der Waals surface area contributed by atoms with Gasteiger partial charge in [-0.05, 0) is 38.8 Å². The van der Waals surface area contributed by atoms with Gasteiger partial charge in [0.2, 0.25) is 0 Å². The normalized spacial score (nSPS) is 17.8. The first-order valence-corrected chi connectivity index (χ1v) is 7.58. The van der Waals surface area contributed by atoms with Gasteiger partial charge in [-0.1, -0.05) is 37.6 Å². The van der Waals surface area contributed by atoms with E-state index in [1.165, 1.54) is 18.2 Å². The second-order valence-electron chi connectivity index (χ2n) is 6.20. The van der Waals surface area contributed by atoms with Crippen LogP contribution in [0.3, 0.4) is 0 Å². The number of carbonyl (C=O) groups is 1. The monoisotopic (exact) mass is 287 g/mol. The van der Waals surface area contributed by atoms with Crippen LogP contribution in [-0.2, 0) is 9.53 Å². The van der Waals surface area contributed by atoms with Crippen LogP contribution < -0.4 is 4.90 Å². The molecular formula is C18H25NO2. The first-order valence-electron chi connectivity index (χ1n) is 7.58. The number of benzene rings is 1. The van der Waals surface area contributed by atoms with Gasteiger partial charge < -0.3 is 9.64 Å². The maximum atomic E-state index is 12.3. The number of ether oxygens (including phenoxy) is 1. The number of rotatable bonds is 4. The van der Waals surface area contributed by atoms with Gasteiger partial charge in [-0.3, -0.25) is 0 Å². The van der Waals surface area contributed by atoms with Crippen LogP contribution in [0.25, 0.3) is 5.57 Å². The van der Waals surface area contributed by atoms with Crippen LogP contribution in [0.1, 0.15) is 46.1 Å². The third-order valence-electron chi connectivity index (χ3n) is 4.13. The minimum atomic E-state index is -0.250. The highest BCUT2D eigenvalue weighted by Crippen LogP contribution is 2.40. The van der Waals surface area contributed by atoms with Crippen molar-refractivity contribution in [1.29, 1.82) is 0 Å². The highest BCUT2D eigenvalue weighted by atomic mass is 16.5. The number of carbonyl (C=O) groups excluding carboxylic acids is 1. The number of para-hydroxylation sites is 1. The molecular weight excluding hydrogens is 262 g/mol. The quantitative estimate of drug-likeness (QED) is 0.783. The van der Waals surface area contributed by atoms with Gasteiger partial charge in [0.15, 0.2) is 0 Å². The van der Waals surface area contributed by atoms with Crippen LogP contribution in [0.4, 0.5) is 5.69 Å². The lowest BCUT2D eigenvalue weighted by Crippen LogP contribution is -2.54. The molecule has 0 amide bonds. The fourth-order valence-corrected chi connectivity index (χ4v) is 3.34. The van der Waals surface area contributed by atoms with E-state index in [0.717, 1.165) is 18.5 Å². The lowest BCUT2D eigenvalue weighted by atomic mass is 9.86. The van der Waals surface area contributed by atoms with Gasteiger partial charge in [0.25, 0.3) is 0 Å². The summed E-state index contributed by atoms with van der Waals surface area (Å²) in [4.78, 5) is 14.5. The molecule has 1 aromatic rings. The molecule has 0 N–H and O–H groups in total. The SMILES string of the molecule is CCC[C@H](C(=O)OC)N1c2ccccc2C(C)=CC1(C)C. The second kappa shape index (κ2) is 5.92. The molecule has 114 valence electrons. The van der Waals surface area contributed by atoms with E-state index in [0.29, 0.717) is 0 Å². The van der Waals surface area contributed by atoms with Gasteiger partial charge in [-0.25, -0.2) is 4.79 Å². The summed E-state index contributed by atoms with van der Waals surface area (Å²) in [6, 6.07) is 8.03. The predicted molar refractivity (Wildman–Crippen MR) is 87.4 cm³/mol. The van der Waals surface area contributed by atoms with Gasteiger partial charge in [0, 0.05) is 11.3 Å². The average Bonchev–Trinajstić information content (AvgIpc) is 2.44. The molecule has 0 bridgehead atoms. The Kier molecular flexibility index (Phi) is 4.40. The van der Waals surface area contributed by atoms with Gasteiger partial charge in [-0.15, -0.1) is 0 Å². The minimum Gasteiger partial charge on any atom is -0.467 e. The zero-order valence-corrected chi connectivity index (χ0v) is 13.6. The third-order valence-corrected chi connectivity index (χ3v) is 4.13. The van der Waals surface area contributed by atoms with Gasteiger partial charge in [0.1, 0.15) is 6.04 Å². The van der Waals surface area contributed by atoms with Crippen molar-refractivity contribution in [3.8, 4) is 0 Å². The Balaban J connectivity index is 2.56. The Morgan fingerprint density at radius 1 is 1.33 bits per heavy atom. The Bertz CT molecular complexity index is 560. The smallest absolute Gasteiger partial charge is 0.328 e. The maximum absolute atomic E-state index is 12.3. The number of allylic oxidation sites excluding steroid dienone is 1. The fourth-order valence-electron chi connectivity index (χ4n) is 3.34. The van der Waals surface area contributed by atoms with Gasteiger partial charge in [0.05, 0.1) is 12.6 Å². The van der Waals surface area contributed by atoms with Crippen molar-refractivity contribution in [2.24, 2.45) is 0 Å². The van der Waals surface area contributed by atoms with E-state index in [2.05, 4.69) is 50.8 Å². The highest BCUT2D eigenvalue weighted by Gasteiger charge is 2.39. The lowest BCUT2D eigenvalue weighted by Gasteiger charge is -2.46. The molecule has 1 aliphatic rings. The van der Waals surface area contributed by atoms with Crippen molar-refractivity contribution in [3.63, 3.8) is 0 Å². The van der Waals surface area contributed by atoms with E-state index in [-0.39, 0.29) is 17.6 Å². The van der Waals surface area contributed by atoms with Crippen LogP contribution in [0.15, 0.2) is 30.3 Å². The number of anilines is 1. The second-order valence-corrected chi connectivity index (χ2v) is 6.20. The molecule has 3 heteroatoms. The summed E-state index contributed by atoms with van der Waals surface area (Å²) in [7, 11) is 1.47. The summed E-state index contributed by atoms with van der Waals surface area (Å²) in [5.41, 5.74) is 3.35. The Morgan fingerprint density at radius 3 is 2.62 bits per heavy atom. The molecule has 0 radical (unpaired) electrons. The van der Waals surface area contributed by atoms with Crippen LogP contribution in [0, 0.1) is 0 Å². The first-order chi connectivity index (χ1) is 9.92. The summed E-state index contributed by atoms with van der Waals surface area (Å²) in [6.45, 7) is 8.53. The van der Waals surface area contributed by atoms with E-state index < -0.39 is 0 Å². The van der Waals surface area contributed by atoms with Crippen molar-refractivity contribution < 1.29 is 9.53 Å². The molecule has 0 spiro atoms. The molecule has 0 aliphatic carbocycles. The van der Waals surface area contributed by atoms with E-state index in [9.17, 15) is 4.79 Å². The number of nitrogens with zero attached hydrogens (tertiary/aromatic N) is 1. The van der Waals surface area contributed by atoms with Crippen LogP contribution in [0.5, 0.6) is 0 Å². The number of esters is 1. The highest BCUT2D eigenvalue weighted by molar-refractivity contribution is 5.87. The average molecular weight is 287 g/mol. The van der Waals surface area contributed by atoms with Crippen LogP contribution >= 0.6 is 0 Å². The molecule has 0 saturated carbocycles. The molecule has 1 heterocycles. The molecule has 1 atom stereocenters. The summed E-state index contributed by atoms with van der Waals surface area (Å²) in [5, 5.41) is 0. The Labute approximate surface area is 127 Å². The van der Waals surface area contributed by atoms with Crippen LogP contribution in [-0.4, -0.2) is 24.7 Å². The lowest BCUT2D eigenvalue weighted by molar-refractivity contribution is -0.142. The van der Waals surface area contributed by atoms with Crippen molar-refractivity contribution in [2.75, 3.05) is 12.0 Å². The van der Waals surface area contributed by atoms with Crippen molar-refractivity contribution >= 4 is 17.2 Å². The summed E-state index contributed by atoms with van der Waals surface area (Å²) < 4.78 is 5.05. The fraction of sp³-hybridized carbons (Fsp3) is 0.500. The maximum Gasteiger partial charge on any atom is 0.328 e. The number of hydrogen-bond donors (Lipinski definition) is 0. The number of hydrogen-bond acceptors (Lipinski definition) is 3. The topological polar surface area (TPSA) is 29.5 Å². The summed E-state index contributed by atoms with van der Waals surface area (Å²) in [5.74, 6) is -0.160. The van der Waals surface area contributed by atoms with E-state index in [1.54, 1.807) is 0 Å². The number of fused-ring (bicyclic) bond motifs is 1. The molecule has 0 unspecified atom stereocenters. The summed E-state index contributed by atoms with van der Waals surface area (Å²) >= 11 is 0. The largest absolute Gasteiger partial charge is 0.467 e. The Hall–Kier alpha value is -1.77. The molecule has 3 nitrogen and oxygen atoms in total. The summed E-state index contributed by atoms with van der Waals surface area (Å²) in [6.07, 6.45) is 3.97. The number of methoxy groups -OCH3 is 1. The van der Waals surface area contributed by atoms with E-state index in [4.69, 9.17) is 4.74 Å². The van der Waals surface area contributed by atoms with Gasteiger partial charge >= 0.3 is 5.97 Å².